The van der Waals surface area contributed by atoms with Gasteiger partial charge in [-0.05, 0) is 64.0 Å². The number of aromatic nitrogens is 4. The van der Waals surface area contributed by atoms with E-state index in [1.54, 1.807) is 6.07 Å². The topological polar surface area (TPSA) is 75.3 Å². The number of hydrogen-bond donors (Lipinski definition) is 0. The maximum absolute atomic E-state index is 9.63. The minimum atomic E-state index is 0.467. The largest absolute Gasteiger partial charge is 0.244 e. The molecule has 0 amide bonds. The number of benzene rings is 6. The third-order valence-corrected chi connectivity index (χ3v) is 7.86. The van der Waals surface area contributed by atoms with Gasteiger partial charge < -0.3 is 0 Å². The maximum Gasteiger partial charge on any atom is 0.181 e. The Morgan fingerprint density at radius 1 is 0.409 bits per heavy atom. The van der Waals surface area contributed by atoms with Gasteiger partial charge in [-0.25, -0.2) is 19.9 Å². The molecule has 204 valence electrons. The number of nitrogens with zero attached hydrogens (tertiary/aromatic N) is 5. The molecule has 0 aliphatic rings. The average Bonchev–Trinajstić information content (AvgIpc) is 3.10. The first kappa shape index (κ1) is 25.5. The molecule has 8 aromatic rings. The van der Waals surface area contributed by atoms with Crippen LogP contribution in [-0.4, -0.2) is 19.9 Å². The molecular formula is C39H23N5. The van der Waals surface area contributed by atoms with Crippen LogP contribution >= 0.6 is 0 Å². The van der Waals surface area contributed by atoms with Crippen molar-refractivity contribution in [3.05, 3.63) is 145 Å². The number of para-hydroxylation sites is 2. The SMILES string of the molecule is N#Cc1cccc(-c2nc3ccccc3nc2-c2nc(-c3ccc4ccccc4c3)cc(-c3ccc4ccccc4c3)n2)c1. The van der Waals surface area contributed by atoms with Crippen molar-refractivity contribution in [2.45, 2.75) is 0 Å². The van der Waals surface area contributed by atoms with Crippen molar-refractivity contribution < 1.29 is 0 Å². The Morgan fingerprint density at radius 2 is 0.955 bits per heavy atom. The molecule has 0 saturated carbocycles. The second kappa shape index (κ2) is 10.5. The second-order valence-electron chi connectivity index (χ2n) is 10.7. The van der Waals surface area contributed by atoms with E-state index in [4.69, 9.17) is 19.9 Å². The zero-order valence-electron chi connectivity index (χ0n) is 23.5. The van der Waals surface area contributed by atoms with Gasteiger partial charge in [0.05, 0.1) is 34.1 Å². The van der Waals surface area contributed by atoms with E-state index < -0.39 is 0 Å². The Balaban J connectivity index is 1.41. The van der Waals surface area contributed by atoms with Crippen LogP contribution < -0.4 is 0 Å². The van der Waals surface area contributed by atoms with Gasteiger partial charge >= 0.3 is 0 Å². The van der Waals surface area contributed by atoms with E-state index in [9.17, 15) is 5.26 Å². The van der Waals surface area contributed by atoms with Crippen LogP contribution in [0.2, 0.25) is 0 Å². The van der Waals surface area contributed by atoms with Crippen molar-refractivity contribution in [3.63, 3.8) is 0 Å². The normalized spacial score (nSPS) is 11.2. The monoisotopic (exact) mass is 561 g/mol. The Kier molecular flexibility index (Phi) is 6.10. The van der Waals surface area contributed by atoms with Crippen LogP contribution in [0.15, 0.2) is 140 Å². The van der Waals surface area contributed by atoms with Crippen LogP contribution in [0.25, 0.3) is 77.9 Å². The molecule has 0 radical (unpaired) electrons. The minimum Gasteiger partial charge on any atom is -0.244 e. The quantitative estimate of drug-likeness (QED) is 0.214. The number of hydrogen-bond acceptors (Lipinski definition) is 5. The average molecular weight is 562 g/mol. The van der Waals surface area contributed by atoms with Crippen molar-refractivity contribution in [3.8, 4) is 51.4 Å². The summed E-state index contributed by atoms with van der Waals surface area (Å²) in [5, 5.41) is 14.2. The highest BCUT2D eigenvalue weighted by atomic mass is 15.0. The predicted molar refractivity (Wildman–Crippen MR) is 177 cm³/mol. The highest BCUT2D eigenvalue weighted by molar-refractivity contribution is 5.90. The van der Waals surface area contributed by atoms with E-state index >= 15 is 0 Å². The fraction of sp³-hybridized carbons (Fsp3) is 0. The lowest BCUT2D eigenvalue weighted by Gasteiger charge is -2.13. The molecule has 0 unspecified atom stereocenters. The van der Waals surface area contributed by atoms with Crippen molar-refractivity contribution in [2.75, 3.05) is 0 Å². The lowest BCUT2D eigenvalue weighted by molar-refractivity contribution is 1.14. The smallest absolute Gasteiger partial charge is 0.181 e. The van der Waals surface area contributed by atoms with Gasteiger partial charge in [0.15, 0.2) is 5.82 Å². The predicted octanol–water partition coefficient (Wildman–Crippen LogP) is 9.27. The molecule has 44 heavy (non-hydrogen) atoms. The summed E-state index contributed by atoms with van der Waals surface area (Å²) in [6, 6.07) is 48.9. The molecule has 5 nitrogen and oxygen atoms in total. The first-order valence-corrected chi connectivity index (χ1v) is 14.4. The molecule has 0 N–H and O–H groups in total. The van der Waals surface area contributed by atoms with Gasteiger partial charge in [0.2, 0.25) is 0 Å². The van der Waals surface area contributed by atoms with Crippen molar-refractivity contribution >= 4 is 32.6 Å². The van der Waals surface area contributed by atoms with Gasteiger partial charge in [0.1, 0.15) is 11.4 Å². The molecule has 8 rings (SSSR count). The zero-order chi connectivity index (χ0) is 29.5. The molecule has 0 aliphatic carbocycles. The molecule has 0 atom stereocenters. The summed E-state index contributed by atoms with van der Waals surface area (Å²) in [6.07, 6.45) is 0. The van der Waals surface area contributed by atoms with Gasteiger partial charge in [0, 0.05) is 16.7 Å². The van der Waals surface area contributed by atoms with Gasteiger partial charge in [-0.15, -0.1) is 0 Å². The fourth-order valence-corrected chi connectivity index (χ4v) is 5.64. The van der Waals surface area contributed by atoms with Crippen LogP contribution in [0.4, 0.5) is 0 Å². The van der Waals surface area contributed by atoms with Crippen LogP contribution in [0.3, 0.4) is 0 Å². The standard InChI is InChI=1S/C39H23N5/c40-24-25-8-7-13-32(20-25)37-38(42-34-15-6-5-14-33(34)41-37)39-43-35(30-18-16-26-9-1-3-11-28(26)21-30)23-36(44-39)31-19-17-27-10-2-4-12-29(27)22-31/h1-23H. The van der Waals surface area contributed by atoms with E-state index in [1.807, 2.05) is 72.8 Å². The minimum absolute atomic E-state index is 0.467. The van der Waals surface area contributed by atoms with Crippen molar-refractivity contribution in [1.29, 1.82) is 5.26 Å². The molecule has 2 aromatic heterocycles. The van der Waals surface area contributed by atoms with Crippen molar-refractivity contribution in [1.82, 2.24) is 19.9 Å². The van der Waals surface area contributed by atoms with E-state index in [0.717, 1.165) is 49.9 Å². The van der Waals surface area contributed by atoms with Gasteiger partial charge in [-0.1, -0.05) is 97.1 Å². The Morgan fingerprint density at radius 3 is 1.55 bits per heavy atom. The molecule has 2 heterocycles. The van der Waals surface area contributed by atoms with Crippen molar-refractivity contribution in [2.24, 2.45) is 0 Å². The van der Waals surface area contributed by atoms with E-state index in [2.05, 4.69) is 66.7 Å². The highest BCUT2D eigenvalue weighted by Crippen LogP contribution is 2.34. The Bertz CT molecular complexity index is 2320. The van der Waals surface area contributed by atoms with Crippen LogP contribution in [0, 0.1) is 11.3 Å². The summed E-state index contributed by atoms with van der Waals surface area (Å²) < 4.78 is 0. The summed E-state index contributed by atoms with van der Waals surface area (Å²) in [7, 11) is 0. The number of fused-ring (bicyclic) bond motifs is 3. The van der Waals surface area contributed by atoms with Crippen LogP contribution in [-0.2, 0) is 0 Å². The van der Waals surface area contributed by atoms with Gasteiger partial charge in [0.25, 0.3) is 0 Å². The molecule has 0 aliphatic heterocycles. The van der Waals surface area contributed by atoms with E-state index in [-0.39, 0.29) is 0 Å². The molecule has 0 saturated heterocycles. The molecule has 0 bridgehead atoms. The summed E-state index contributed by atoms with van der Waals surface area (Å²) in [4.78, 5) is 20.4. The first-order chi connectivity index (χ1) is 21.7. The maximum atomic E-state index is 9.63. The third kappa shape index (κ3) is 4.61. The lowest BCUT2D eigenvalue weighted by atomic mass is 10.0. The molecule has 6 aromatic carbocycles. The zero-order valence-corrected chi connectivity index (χ0v) is 23.5. The van der Waals surface area contributed by atoms with Crippen LogP contribution in [0.5, 0.6) is 0 Å². The van der Waals surface area contributed by atoms with E-state index in [1.165, 1.54) is 10.8 Å². The number of rotatable bonds is 4. The van der Waals surface area contributed by atoms with Gasteiger partial charge in [-0.2, -0.15) is 5.26 Å². The first-order valence-electron chi connectivity index (χ1n) is 14.4. The molecule has 0 fully saturated rings. The highest BCUT2D eigenvalue weighted by Gasteiger charge is 2.19. The second-order valence-corrected chi connectivity index (χ2v) is 10.7. The third-order valence-electron chi connectivity index (χ3n) is 7.86. The Hall–Kier alpha value is -6.25. The summed E-state index contributed by atoms with van der Waals surface area (Å²) >= 11 is 0. The summed E-state index contributed by atoms with van der Waals surface area (Å²) in [6.45, 7) is 0. The van der Waals surface area contributed by atoms with Crippen LogP contribution in [0.1, 0.15) is 5.56 Å². The van der Waals surface area contributed by atoms with E-state index in [0.29, 0.717) is 22.8 Å². The molecule has 5 heteroatoms. The number of nitriles is 1. The summed E-state index contributed by atoms with van der Waals surface area (Å²) in [5.41, 5.74) is 7.56. The fourth-order valence-electron chi connectivity index (χ4n) is 5.64. The summed E-state index contributed by atoms with van der Waals surface area (Å²) in [5.74, 6) is 0.467. The van der Waals surface area contributed by atoms with Gasteiger partial charge in [-0.3, -0.25) is 0 Å². The molecule has 0 spiro atoms. The Labute approximate surface area is 253 Å². The lowest BCUT2D eigenvalue weighted by Crippen LogP contribution is -2.02. The molecular weight excluding hydrogens is 538 g/mol.